The van der Waals surface area contributed by atoms with Gasteiger partial charge in [-0.3, -0.25) is 4.79 Å². The Hall–Kier alpha value is -3.53. The number of nitrogens with zero attached hydrogens (tertiary/aromatic N) is 1. The molecule has 1 aliphatic heterocycles. The number of ether oxygens (including phenoxy) is 2. The van der Waals surface area contributed by atoms with E-state index in [2.05, 4.69) is 4.98 Å². The molecule has 1 amide bonds. The van der Waals surface area contributed by atoms with Crippen LogP contribution in [0.3, 0.4) is 0 Å². The van der Waals surface area contributed by atoms with E-state index in [-0.39, 0.29) is 30.9 Å². The number of carbonyl (C=O) groups is 2. The number of aromatic carboxylic acids is 1. The molecule has 10 heteroatoms. The van der Waals surface area contributed by atoms with E-state index in [1.807, 2.05) is 6.92 Å². The molecule has 2 N–H and O–H groups in total. The van der Waals surface area contributed by atoms with E-state index >= 15 is 0 Å². The molecular formula is C25H25F3N2O5. The maximum atomic E-state index is 13.9. The number of hydrogen-bond donors (Lipinski definition) is 2. The average molecular weight is 490 g/mol. The molecule has 0 aliphatic carbocycles. The Labute approximate surface area is 199 Å². The van der Waals surface area contributed by atoms with Crippen LogP contribution in [-0.2, 0) is 4.74 Å². The third-order valence-electron chi connectivity index (χ3n) is 6.28. The number of fused-ring (bicyclic) bond motifs is 1. The van der Waals surface area contributed by atoms with Crippen molar-refractivity contribution in [3.8, 4) is 5.75 Å². The number of piperidine rings is 1. The fourth-order valence-corrected chi connectivity index (χ4v) is 4.61. The van der Waals surface area contributed by atoms with Crippen molar-refractivity contribution in [1.29, 1.82) is 0 Å². The van der Waals surface area contributed by atoms with Crippen LogP contribution in [-0.4, -0.2) is 59.4 Å². The molecule has 1 aromatic heterocycles. The molecule has 0 unspecified atom stereocenters. The lowest BCUT2D eigenvalue weighted by Gasteiger charge is -2.40. The van der Waals surface area contributed by atoms with Crippen LogP contribution in [0.1, 0.15) is 50.7 Å². The second kappa shape index (κ2) is 9.61. The molecule has 1 saturated heterocycles. The summed E-state index contributed by atoms with van der Waals surface area (Å²) in [6.45, 7) is 0.688. The zero-order chi connectivity index (χ0) is 25.3. The lowest BCUT2D eigenvalue weighted by molar-refractivity contribution is -0.190. The minimum atomic E-state index is -4.46. The van der Waals surface area contributed by atoms with E-state index < -0.39 is 30.9 Å². The van der Waals surface area contributed by atoms with Crippen LogP contribution in [0.4, 0.5) is 13.2 Å². The summed E-state index contributed by atoms with van der Waals surface area (Å²) in [5.41, 5.74) is 2.73. The monoisotopic (exact) mass is 490 g/mol. The lowest BCUT2D eigenvalue weighted by atomic mass is 9.91. The van der Waals surface area contributed by atoms with E-state index in [9.17, 15) is 27.9 Å². The van der Waals surface area contributed by atoms with Crippen LogP contribution in [0.25, 0.3) is 10.9 Å². The Morgan fingerprint density at radius 3 is 2.54 bits per heavy atom. The van der Waals surface area contributed by atoms with Gasteiger partial charge < -0.3 is 24.5 Å². The van der Waals surface area contributed by atoms with E-state index in [1.165, 1.54) is 19.2 Å². The van der Waals surface area contributed by atoms with E-state index in [0.717, 1.165) is 11.1 Å². The largest absolute Gasteiger partial charge is 0.496 e. The van der Waals surface area contributed by atoms with Gasteiger partial charge in [0, 0.05) is 23.6 Å². The number of rotatable bonds is 6. The van der Waals surface area contributed by atoms with Gasteiger partial charge in [-0.25, -0.2) is 4.79 Å². The first-order valence-corrected chi connectivity index (χ1v) is 11.1. The second-order valence-corrected chi connectivity index (χ2v) is 8.55. The van der Waals surface area contributed by atoms with Gasteiger partial charge in [-0.2, -0.15) is 13.2 Å². The first-order chi connectivity index (χ1) is 16.6. The number of hydrogen-bond acceptors (Lipinski definition) is 4. The molecule has 2 atom stereocenters. The number of aryl methyl sites for hydroxylation is 1. The highest BCUT2D eigenvalue weighted by Gasteiger charge is 2.37. The number of likely N-dealkylation sites (tertiary alicyclic amines) is 1. The normalized spacial score (nSPS) is 18.6. The lowest BCUT2D eigenvalue weighted by Crippen LogP contribution is -2.44. The molecule has 35 heavy (non-hydrogen) atoms. The number of aromatic amines is 1. The summed E-state index contributed by atoms with van der Waals surface area (Å²) in [4.78, 5) is 29.9. The van der Waals surface area contributed by atoms with Crippen molar-refractivity contribution < 1.29 is 37.3 Å². The average Bonchev–Trinajstić information content (AvgIpc) is 3.32. The summed E-state index contributed by atoms with van der Waals surface area (Å²) >= 11 is 0. The minimum Gasteiger partial charge on any atom is -0.496 e. The van der Waals surface area contributed by atoms with Crippen LogP contribution in [0.15, 0.2) is 42.6 Å². The van der Waals surface area contributed by atoms with Gasteiger partial charge >= 0.3 is 12.1 Å². The highest BCUT2D eigenvalue weighted by atomic mass is 19.4. The summed E-state index contributed by atoms with van der Waals surface area (Å²) in [6, 6.07) is 8.93. The van der Waals surface area contributed by atoms with E-state index in [1.54, 1.807) is 35.4 Å². The molecule has 0 radical (unpaired) electrons. The van der Waals surface area contributed by atoms with Crippen molar-refractivity contribution in [3.05, 3.63) is 64.8 Å². The third kappa shape index (κ3) is 5.12. The summed E-state index contributed by atoms with van der Waals surface area (Å²) < 4.78 is 48.9. The first kappa shape index (κ1) is 24.6. The van der Waals surface area contributed by atoms with Crippen LogP contribution >= 0.6 is 0 Å². The van der Waals surface area contributed by atoms with Gasteiger partial charge in [0.15, 0.2) is 0 Å². The summed E-state index contributed by atoms with van der Waals surface area (Å²) in [5, 5.41) is 9.90. The van der Waals surface area contributed by atoms with Crippen molar-refractivity contribution in [1.82, 2.24) is 9.88 Å². The molecule has 1 aliphatic rings. The van der Waals surface area contributed by atoms with Crippen molar-refractivity contribution in [3.63, 3.8) is 0 Å². The summed E-state index contributed by atoms with van der Waals surface area (Å²) in [7, 11) is 1.48. The molecule has 0 spiro atoms. The molecule has 186 valence electrons. The molecule has 0 bridgehead atoms. The number of nitrogens with one attached hydrogen (secondary N) is 1. The molecule has 7 nitrogen and oxygen atoms in total. The summed E-state index contributed by atoms with van der Waals surface area (Å²) in [5.74, 6) is -1.03. The Kier molecular flexibility index (Phi) is 6.75. The topological polar surface area (TPSA) is 91.9 Å². The van der Waals surface area contributed by atoms with Crippen LogP contribution in [0.5, 0.6) is 5.75 Å². The molecule has 4 rings (SSSR count). The maximum absolute atomic E-state index is 13.9. The highest BCUT2D eigenvalue weighted by Crippen LogP contribution is 2.38. The van der Waals surface area contributed by atoms with Crippen molar-refractivity contribution >= 4 is 22.8 Å². The molecule has 2 heterocycles. The standard InChI is InChI=1S/C25H25F3N2O5/c1-14-11-20(34-2)21(18-7-9-29-22(14)18)23(31)30-10-8-17(35-13-25(26,27)28)12-19(30)15-3-5-16(6-4-15)24(32)33/h3-7,9,11,17,19,29H,8,10,12-13H2,1-2H3,(H,32,33)/t17-,19-/m0/s1. The van der Waals surface area contributed by atoms with Gasteiger partial charge in [0.2, 0.25) is 0 Å². The number of methoxy groups -OCH3 is 1. The van der Waals surface area contributed by atoms with Crippen LogP contribution < -0.4 is 4.74 Å². The molecule has 2 aromatic carbocycles. The number of alkyl halides is 3. The quantitative estimate of drug-likeness (QED) is 0.501. The number of halogens is 3. The van der Waals surface area contributed by atoms with Gasteiger partial charge in [-0.1, -0.05) is 12.1 Å². The molecule has 0 saturated carbocycles. The Morgan fingerprint density at radius 2 is 1.91 bits per heavy atom. The molecular weight excluding hydrogens is 465 g/mol. The fraction of sp³-hybridized carbons (Fsp3) is 0.360. The van der Waals surface area contributed by atoms with Gasteiger partial charge in [0.25, 0.3) is 5.91 Å². The van der Waals surface area contributed by atoms with Gasteiger partial charge in [0.05, 0.1) is 30.4 Å². The smallest absolute Gasteiger partial charge is 0.411 e. The number of amides is 1. The van der Waals surface area contributed by atoms with Crippen LogP contribution in [0, 0.1) is 6.92 Å². The number of aromatic nitrogens is 1. The molecule has 3 aromatic rings. The number of benzene rings is 2. The minimum absolute atomic E-state index is 0.0709. The zero-order valence-corrected chi connectivity index (χ0v) is 19.2. The maximum Gasteiger partial charge on any atom is 0.411 e. The Bertz CT molecular complexity index is 1240. The van der Waals surface area contributed by atoms with Crippen molar-refractivity contribution in [2.75, 3.05) is 20.3 Å². The summed E-state index contributed by atoms with van der Waals surface area (Å²) in [6.07, 6.45) is -3.07. The van der Waals surface area contributed by atoms with Gasteiger partial charge in [-0.15, -0.1) is 0 Å². The third-order valence-corrected chi connectivity index (χ3v) is 6.28. The number of carboxylic acid groups (broad SMARTS) is 1. The predicted molar refractivity (Wildman–Crippen MR) is 122 cm³/mol. The number of carboxylic acids is 1. The Morgan fingerprint density at radius 1 is 1.20 bits per heavy atom. The first-order valence-electron chi connectivity index (χ1n) is 11.1. The number of carbonyl (C=O) groups excluding carboxylic acids is 1. The second-order valence-electron chi connectivity index (χ2n) is 8.55. The van der Waals surface area contributed by atoms with Gasteiger partial charge in [0.1, 0.15) is 12.4 Å². The van der Waals surface area contributed by atoms with E-state index in [4.69, 9.17) is 9.47 Å². The van der Waals surface area contributed by atoms with Crippen molar-refractivity contribution in [2.45, 2.75) is 38.1 Å². The highest BCUT2D eigenvalue weighted by molar-refractivity contribution is 6.09. The predicted octanol–water partition coefficient (Wildman–Crippen LogP) is 5.11. The Balaban J connectivity index is 1.71. The molecule has 1 fully saturated rings. The number of H-pyrrole nitrogens is 1. The fourth-order valence-electron chi connectivity index (χ4n) is 4.61. The zero-order valence-electron chi connectivity index (χ0n) is 19.2. The van der Waals surface area contributed by atoms with E-state index in [0.29, 0.717) is 22.3 Å². The SMILES string of the molecule is COc1cc(C)c2[nH]ccc2c1C(=O)N1CC[C@H](OCC(F)(F)F)C[C@H]1c1ccc(C(=O)O)cc1. The van der Waals surface area contributed by atoms with Gasteiger partial charge in [-0.05, 0) is 55.2 Å². The van der Waals surface area contributed by atoms with Crippen molar-refractivity contribution in [2.24, 2.45) is 0 Å². The van der Waals surface area contributed by atoms with Crippen LogP contribution in [0.2, 0.25) is 0 Å².